The number of nitrogens with zero attached hydrogens (tertiary/aromatic N) is 2. The van der Waals surface area contributed by atoms with Gasteiger partial charge in [0.25, 0.3) is 0 Å². The summed E-state index contributed by atoms with van der Waals surface area (Å²) in [7, 11) is 0. The summed E-state index contributed by atoms with van der Waals surface area (Å²) in [6.07, 6.45) is 1.27. The van der Waals surface area contributed by atoms with Crippen molar-refractivity contribution >= 4 is 21.5 Å². The number of anilines is 1. The maximum Gasteiger partial charge on any atom is 0.425 e. The lowest BCUT2D eigenvalue weighted by molar-refractivity contribution is -0.384. The third-order valence-electron chi connectivity index (χ3n) is 0.668. The Hall–Kier alpha value is -1.17. The van der Waals surface area contributed by atoms with E-state index >= 15 is 0 Å². The number of nitro groups is 1. The third-order valence-corrected chi connectivity index (χ3v) is 1.45. The maximum absolute atomic E-state index is 9.91. The van der Waals surface area contributed by atoms with Crippen LogP contribution in [0.4, 0.5) is 10.1 Å². The highest BCUT2D eigenvalue weighted by Gasteiger charge is 2.09. The molecule has 48 valence electrons. The molecule has 5 nitrogen and oxygen atoms in total. The molecular formula is C3H3N3O2S. The highest BCUT2D eigenvalue weighted by molar-refractivity contribution is 7.18. The first-order valence-electron chi connectivity index (χ1n) is 2.06. The van der Waals surface area contributed by atoms with Crippen LogP contribution < -0.4 is 5.73 Å². The summed E-state index contributed by atoms with van der Waals surface area (Å²) in [4.78, 5) is 12.8. The first kappa shape index (κ1) is 5.96. The molecule has 2 N–H and O–H groups in total. The molecule has 1 aromatic heterocycles. The van der Waals surface area contributed by atoms with E-state index in [1.54, 1.807) is 0 Å². The molecule has 0 radical (unpaired) electrons. The minimum absolute atomic E-state index is 0.160. The Labute approximate surface area is 54.3 Å². The van der Waals surface area contributed by atoms with Gasteiger partial charge >= 0.3 is 5.13 Å². The van der Waals surface area contributed by atoms with E-state index < -0.39 is 4.92 Å². The van der Waals surface area contributed by atoms with E-state index in [2.05, 4.69) is 4.98 Å². The molecule has 0 saturated heterocycles. The standard InChI is InChI=1S/C3H3N3O2S/c4-2-1-5-3(9-2)6(7)8/h1H,4H2. The number of nitrogens with two attached hydrogens (primary N) is 1. The highest BCUT2D eigenvalue weighted by atomic mass is 32.1. The van der Waals surface area contributed by atoms with Gasteiger partial charge in [0.1, 0.15) is 5.00 Å². The van der Waals surface area contributed by atoms with Crippen LogP contribution in [0.25, 0.3) is 0 Å². The van der Waals surface area contributed by atoms with Gasteiger partial charge in [-0.3, -0.25) is 0 Å². The summed E-state index contributed by atoms with van der Waals surface area (Å²) < 4.78 is 0. The lowest BCUT2D eigenvalue weighted by Gasteiger charge is -1.81. The van der Waals surface area contributed by atoms with Crippen LogP contribution in [0.3, 0.4) is 0 Å². The predicted molar refractivity (Wildman–Crippen MR) is 33.2 cm³/mol. The van der Waals surface area contributed by atoms with Crippen LogP contribution in [0.2, 0.25) is 0 Å². The van der Waals surface area contributed by atoms with Crippen molar-refractivity contribution < 1.29 is 4.92 Å². The Balaban J connectivity index is 2.98. The molecular weight excluding hydrogens is 142 g/mol. The van der Waals surface area contributed by atoms with Gasteiger partial charge in [-0.05, 0) is 21.2 Å². The molecule has 0 spiro atoms. The average Bonchev–Trinajstić information content (AvgIpc) is 2.14. The Bertz CT molecular complexity index is 233. The molecule has 0 aliphatic rings. The normalized spacial score (nSPS) is 9.33. The van der Waals surface area contributed by atoms with E-state index in [0.29, 0.717) is 5.00 Å². The lowest BCUT2D eigenvalue weighted by atomic mass is 10.9. The van der Waals surface area contributed by atoms with E-state index in [9.17, 15) is 10.1 Å². The van der Waals surface area contributed by atoms with Gasteiger partial charge in [-0.15, -0.1) is 0 Å². The summed E-state index contributed by atoms with van der Waals surface area (Å²) in [6.45, 7) is 0. The van der Waals surface area contributed by atoms with Crippen molar-refractivity contribution in [2.24, 2.45) is 0 Å². The van der Waals surface area contributed by atoms with Gasteiger partial charge in [0.05, 0.1) is 0 Å². The molecule has 0 aliphatic carbocycles. The quantitative estimate of drug-likeness (QED) is 0.464. The molecule has 0 amide bonds. The topological polar surface area (TPSA) is 82.0 Å². The average molecular weight is 145 g/mol. The van der Waals surface area contributed by atoms with Gasteiger partial charge in [-0.1, -0.05) is 0 Å². The van der Waals surface area contributed by atoms with Crippen LogP contribution in [-0.2, 0) is 0 Å². The number of hydrogen-bond donors (Lipinski definition) is 1. The second-order valence-corrected chi connectivity index (χ2v) is 2.34. The van der Waals surface area contributed by atoms with Gasteiger partial charge < -0.3 is 15.8 Å². The van der Waals surface area contributed by atoms with Crippen LogP contribution >= 0.6 is 11.3 Å². The Morgan fingerprint density at radius 1 is 1.89 bits per heavy atom. The predicted octanol–water partition coefficient (Wildman–Crippen LogP) is 0.634. The fraction of sp³-hybridized carbons (Fsp3) is 0. The monoisotopic (exact) mass is 145 g/mol. The van der Waals surface area contributed by atoms with Crippen LogP contribution in [0, 0.1) is 10.1 Å². The number of rotatable bonds is 1. The number of nitrogen functional groups attached to an aromatic ring is 1. The summed E-state index contributed by atoms with van der Waals surface area (Å²) in [6, 6.07) is 0. The van der Waals surface area contributed by atoms with E-state index in [0.717, 1.165) is 11.3 Å². The maximum atomic E-state index is 9.91. The number of hydrogen-bond acceptors (Lipinski definition) is 5. The summed E-state index contributed by atoms with van der Waals surface area (Å²) >= 11 is 0.863. The molecule has 1 aromatic rings. The summed E-state index contributed by atoms with van der Waals surface area (Å²) in [5.41, 5.74) is 5.17. The van der Waals surface area contributed by atoms with E-state index in [1.165, 1.54) is 6.20 Å². The zero-order valence-corrected chi connectivity index (χ0v) is 5.09. The van der Waals surface area contributed by atoms with Gasteiger partial charge in [0, 0.05) is 0 Å². The van der Waals surface area contributed by atoms with Gasteiger partial charge in [0.2, 0.25) is 0 Å². The Morgan fingerprint density at radius 2 is 2.56 bits per heavy atom. The van der Waals surface area contributed by atoms with Crippen molar-refractivity contribution in [3.05, 3.63) is 16.3 Å². The zero-order chi connectivity index (χ0) is 6.85. The third kappa shape index (κ3) is 1.14. The molecule has 1 rings (SSSR count). The van der Waals surface area contributed by atoms with Crippen molar-refractivity contribution in [2.45, 2.75) is 0 Å². The minimum Gasteiger partial charge on any atom is -0.387 e. The van der Waals surface area contributed by atoms with Crippen molar-refractivity contribution in [3.63, 3.8) is 0 Å². The number of thiazole rings is 1. The van der Waals surface area contributed by atoms with Crippen LogP contribution in [0.5, 0.6) is 0 Å². The molecule has 0 unspecified atom stereocenters. The fourth-order valence-electron chi connectivity index (χ4n) is 0.361. The van der Waals surface area contributed by atoms with Crippen LogP contribution in [0.15, 0.2) is 6.20 Å². The lowest BCUT2D eigenvalue weighted by Crippen LogP contribution is -1.83. The largest absolute Gasteiger partial charge is 0.425 e. The molecule has 6 heteroatoms. The van der Waals surface area contributed by atoms with Gasteiger partial charge in [-0.2, -0.15) is 0 Å². The Kier molecular flexibility index (Phi) is 1.31. The molecule has 0 aliphatic heterocycles. The van der Waals surface area contributed by atoms with Gasteiger partial charge in [-0.25, -0.2) is 0 Å². The highest BCUT2D eigenvalue weighted by Crippen LogP contribution is 2.20. The van der Waals surface area contributed by atoms with E-state index in [-0.39, 0.29) is 5.13 Å². The number of aromatic nitrogens is 1. The first-order chi connectivity index (χ1) is 4.20. The van der Waals surface area contributed by atoms with Crippen molar-refractivity contribution in [1.82, 2.24) is 4.98 Å². The fourth-order valence-corrected chi connectivity index (χ4v) is 0.858. The molecule has 1 heterocycles. The van der Waals surface area contributed by atoms with Crippen LogP contribution in [0.1, 0.15) is 0 Å². The molecule has 9 heavy (non-hydrogen) atoms. The van der Waals surface area contributed by atoms with Crippen molar-refractivity contribution in [1.29, 1.82) is 0 Å². The van der Waals surface area contributed by atoms with E-state index in [1.807, 2.05) is 0 Å². The van der Waals surface area contributed by atoms with Crippen molar-refractivity contribution in [2.75, 3.05) is 5.73 Å². The molecule has 0 aromatic carbocycles. The summed E-state index contributed by atoms with van der Waals surface area (Å²) in [5.74, 6) is 0. The zero-order valence-electron chi connectivity index (χ0n) is 4.27. The SMILES string of the molecule is Nc1cnc([N+](=O)[O-])s1. The molecule has 0 bridgehead atoms. The second kappa shape index (κ2) is 1.98. The van der Waals surface area contributed by atoms with Gasteiger partial charge in [0.15, 0.2) is 6.20 Å². The van der Waals surface area contributed by atoms with E-state index in [4.69, 9.17) is 5.73 Å². The molecule has 0 saturated carbocycles. The van der Waals surface area contributed by atoms with Crippen LogP contribution in [-0.4, -0.2) is 9.91 Å². The smallest absolute Gasteiger partial charge is 0.387 e. The second-order valence-electron chi connectivity index (χ2n) is 1.30. The van der Waals surface area contributed by atoms with Crippen molar-refractivity contribution in [3.8, 4) is 0 Å². The summed E-state index contributed by atoms with van der Waals surface area (Å²) in [5, 5.41) is 10.1. The Morgan fingerprint density at radius 3 is 2.78 bits per heavy atom. The molecule has 0 atom stereocenters. The molecule has 0 fully saturated rings. The first-order valence-corrected chi connectivity index (χ1v) is 2.87. The minimum atomic E-state index is -0.568.